The van der Waals surface area contributed by atoms with Crippen LogP contribution >= 0.6 is 23.4 Å². The average Bonchev–Trinajstić information content (AvgIpc) is 3.28. The van der Waals surface area contributed by atoms with Crippen molar-refractivity contribution in [1.82, 2.24) is 20.5 Å². The van der Waals surface area contributed by atoms with Crippen molar-refractivity contribution in [2.24, 2.45) is 0 Å². The van der Waals surface area contributed by atoms with Crippen LogP contribution in [0.2, 0.25) is 5.02 Å². The maximum atomic E-state index is 12.4. The van der Waals surface area contributed by atoms with Gasteiger partial charge in [0.25, 0.3) is 0 Å². The van der Waals surface area contributed by atoms with E-state index in [0.29, 0.717) is 59.6 Å². The fraction of sp³-hybridized carbons (Fsp3) is 0.348. The van der Waals surface area contributed by atoms with Gasteiger partial charge in [-0.05, 0) is 50.6 Å². The van der Waals surface area contributed by atoms with Crippen LogP contribution in [0, 0.1) is 0 Å². The number of thioether (sulfide) groups is 1. The first kappa shape index (κ1) is 24.7. The summed E-state index contributed by atoms with van der Waals surface area (Å²) in [5.41, 5.74) is 1.61. The minimum atomic E-state index is -0.145. The lowest BCUT2D eigenvalue weighted by atomic mass is 10.1. The summed E-state index contributed by atoms with van der Waals surface area (Å²) >= 11 is 7.44. The number of hydrogen-bond acceptors (Lipinski definition) is 7. The highest BCUT2D eigenvalue weighted by Gasteiger charge is 2.16. The molecule has 0 saturated carbocycles. The van der Waals surface area contributed by atoms with Crippen LogP contribution in [-0.4, -0.2) is 46.7 Å². The van der Waals surface area contributed by atoms with E-state index in [1.165, 1.54) is 11.8 Å². The topological polar surface area (TPSA) is 98.4 Å². The Labute approximate surface area is 202 Å². The van der Waals surface area contributed by atoms with Crippen molar-refractivity contribution in [3.8, 4) is 28.6 Å². The Morgan fingerprint density at radius 3 is 2.36 bits per heavy atom. The molecule has 8 nitrogen and oxygen atoms in total. The van der Waals surface area contributed by atoms with Crippen molar-refractivity contribution >= 4 is 29.3 Å². The molecule has 0 saturated heterocycles. The van der Waals surface area contributed by atoms with Gasteiger partial charge in [-0.1, -0.05) is 35.5 Å². The lowest BCUT2D eigenvalue weighted by molar-refractivity contribution is -0.118. The average molecular weight is 491 g/mol. The molecule has 2 N–H and O–H groups in total. The van der Waals surface area contributed by atoms with Gasteiger partial charge >= 0.3 is 0 Å². The number of H-pyrrole nitrogens is 1. The van der Waals surface area contributed by atoms with E-state index >= 15 is 0 Å². The molecule has 1 aromatic heterocycles. The van der Waals surface area contributed by atoms with Gasteiger partial charge in [0.05, 0.1) is 30.6 Å². The number of hydrogen-bond donors (Lipinski definition) is 2. The Hall–Kier alpha value is -2.91. The normalized spacial score (nSPS) is 10.7. The Morgan fingerprint density at radius 1 is 1.06 bits per heavy atom. The third-order valence-corrected chi connectivity index (χ3v) is 5.56. The van der Waals surface area contributed by atoms with E-state index in [1.807, 2.05) is 51.1 Å². The largest absolute Gasteiger partial charge is 0.490 e. The fourth-order valence-corrected chi connectivity index (χ4v) is 3.87. The molecule has 2 aromatic carbocycles. The van der Waals surface area contributed by atoms with E-state index in [1.54, 1.807) is 6.07 Å². The predicted molar refractivity (Wildman–Crippen MR) is 129 cm³/mol. The second-order valence-electron chi connectivity index (χ2n) is 6.73. The highest BCUT2D eigenvalue weighted by atomic mass is 35.5. The van der Waals surface area contributed by atoms with Gasteiger partial charge in [-0.2, -0.15) is 0 Å². The first-order valence-corrected chi connectivity index (χ1v) is 12.0. The van der Waals surface area contributed by atoms with Crippen molar-refractivity contribution in [3.63, 3.8) is 0 Å². The number of carbonyl (C=O) groups excluding carboxylic acids is 1. The molecule has 10 heteroatoms. The Kier molecular flexibility index (Phi) is 9.26. The minimum Gasteiger partial charge on any atom is -0.490 e. The van der Waals surface area contributed by atoms with Crippen LogP contribution in [0.5, 0.6) is 17.2 Å². The van der Waals surface area contributed by atoms with Gasteiger partial charge in [-0.15, -0.1) is 5.10 Å². The Balaban J connectivity index is 1.60. The lowest BCUT2D eigenvalue weighted by Crippen LogP contribution is -2.24. The molecule has 1 amide bonds. The maximum Gasteiger partial charge on any atom is 0.230 e. The van der Waals surface area contributed by atoms with E-state index in [2.05, 4.69) is 20.5 Å². The van der Waals surface area contributed by atoms with Crippen LogP contribution in [0.25, 0.3) is 11.4 Å². The van der Waals surface area contributed by atoms with E-state index in [-0.39, 0.29) is 11.7 Å². The number of nitrogens with zero attached hydrogens (tertiary/aromatic N) is 2. The van der Waals surface area contributed by atoms with Crippen LogP contribution in [0.4, 0.5) is 0 Å². The molecule has 0 fully saturated rings. The van der Waals surface area contributed by atoms with Crippen molar-refractivity contribution < 1.29 is 19.0 Å². The van der Waals surface area contributed by atoms with Crippen LogP contribution < -0.4 is 19.5 Å². The number of amides is 1. The van der Waals surface area contributed by atoms with E-state index in [0.717, 1.165) is 11.1 Å². The van der Waals surface area contributed by atoms with Crippen molar-refractivity contribution in [1.29, 1.82) is 0 Å². The molecule has 176 valence electrons. The third kappa shape index (κ3) is 6.79. The predicted octanol–water partition coefficient (Wildman–Crippen LogP) is 4.73. The number of benzene rings is 2. The van der Waals surface area contributed by atoms with E-state index < -0.39 is 0 Å². The zero-order valence-corrected chi connectivity index (χ0v) is 20.4. The molecule has 0 aliphatic carbocycles. The molecule has 0 aliphatic heterocycles. The first-order chi connectivity index (χ1) is 16.0. The second kappa shape index (κ2) is 12.4. The molecule has 0 spiro atoms. The van der Waals surface area contributed by atoms with Gasteiger partial charge in [0.2, 0.25) is 16.8 Å². The number of rotatable bonds is 12. The quantitative estimate of drug-likeness (QED) is 0.354. The molecule has 0 unspecified atom stereocenters. The minimum absolute atomic E-state index is 0.145. The van der Waals surface area contributed by atoms with Gasteiger partial charge in [0, 0.05) is 12.1 Å². The summed E-state index contributed by atoms with van der Waals surface area (Å²) in [6.45, 7) is 7.51. The van der Waals surface area contributed by atoms with Crippen molar-refractivity contribution in [2.75, 3.05) is 25.6 Å². The van der Waals surface area contributed by atoms with Gasteiger partial charge in [0.15, 0.2) is 17.3 Å². The summed E-state index contributed by atoms with van der Waals surface area (Å²) in [6, 6.07) is 11.1. The molecular formula is C23H27ClN4O4S. The summed E-state index contributed by atoms with van der Waals surface area (Å²) < 4.78 is 17.2. The third-order valence-electron chi connectivity index (χ3n) is 4.38. The standard InChI is InChI=1S/C23H27ClN4O4S/c1-4-30-18-11-15(12-19(31-5-2)21(18)32-6-3)13-25-20(29)14-33-23-26-22(27-28-23)16-9-7-8-10-17(16)24/h7-12H,4-6,13-14H2,1-3H3,(H,25,29)(H,26,27,28). The monoisotopic (exact) mass is 490 g/mol. The molecule has 0 atom stereocenters. The van der Waals surface area contributed by atoms with Crippen molar-refractivity contribution in [2.45, 2.75) is 32.5 Å². The van der Waals surface area contributed by atoms with Crippen molar-refractivity contribution in [3.05, 3.63) is 47.0 Å². The smallest absolute Gasteiger partial charge is 0.230 e. The second-order valence-corrected chi connectivity index (χ2v) is 8.08. The van der Waals surface area contributed by atoms with Crippen LogP contribution in [0.3, 0.4) is 0 Å². The molecule has 1 heterocycles. The molecule has 3 aromatic rings. The number of nitrogens with one attached hydrogen (secondary N) is 2. The molecule has 33 heavy (non-hydrogen) atoms. The summed E-state index contributed by atoms with van der Waals surface area (Å²) in [4.78, 5) is 16.8. The molecule has 0 radical (unpaired) electrons. The Bertz CT molecular complexity index is 1050. The number of aromatic nitrogens is 3. The first-order valence-electron chi connectivity index (χ1n) is 10.7. The molecule has 0 aliphatic rings. The number of carbonyl (C=O) groups is 1. The van der Waals surface area contributed by atoms with E-state index in [4.69, 9.17) is 25.8 Å². The van der Waals surface area contributed by atoms with Crippen LogP contribution in [0.1, 0.15) is 26.3 Å². The van der Waals surface area contributed by atoms with E-state index in [9.17, 15) is 4.79 Å². The maximum absolute atomic E-state index is 12.4. The number of halogens is 1. The van der Waals surface area contributed by atoms with Crippen LogP contribution in [0.15, 0.2) is 41.6 Å². The SMILES string of the molecule is CCOc1cc(CNC(=O)CSc2n[nH]c(-c3ccccc3Cl)n2)cc(OCC)c1OCC. The number of aromatic amines is 1. The highest BCUT2D eigenvalue weighted by Crippen LogP contribution is 2.39. The molecular weight excluding hydrogens is 464 g/mol. The lowest BCUT2D eigenvalue weighted by Gasteiger charge is -2.17. The summed E-state index contributed by atoms with van der Waals surface area (Å²) in [6.07, 6.45) is 0. The van der Waals surface area contributed by atoms with Gasteiger partial charge in [0.1, 0.15) is 0 Å². The summed E-state index contributed by atoms with van der Waals surface area (Å²) in [7, 11) is 0. The fourth-order valence-electron chi connectivity index (χ4n) is 3.01. The zero-order valence-electron chi connectivity index (χ0n) is 18.8. The van der Waals surface area contributed by atoms with Gasteiger partial charge < -0.3 is 19.5 Å². The van der Waals surface area contributed by atoms with Crippen LogP contribution in [-0.2, 0) is 11.3 Å². The zero-order chi connectivity index (χ0) is 23.6. The summed E-state index contributed by atoms with van der Waals surface area (Å²) in [5, 5.41) is 11.0. The summed E-state index contributed by atoms with van der Waals surface area (Å²) in [5.74, 6) is 2.35. The highest BCUT2D eigenvalue weighted by molar-refractivity contribution is 7.99. The van der Waals surface area contributed by atoms with Gasteiger partial charge in [-0.3, -0.25) is 9.89 Å². The number of ether oxygens (including phenoxy) is 3. The van der Waals surface area contributed by atoms with Gasteiger partial charge in [-0.25, -0.2) is 4.98 Å². The Morgan fingerprint density at radius 2 is 1.73 bits per heavy atom. The molecule has 0 bridgehead atoms. The molecule has 3 rings (SSSR count).